The highest BCUT2D eigenvalue weighted by atomic mass is 16.6. The number of rotatable bonds is 5. The molecule has 96 valence electrons. The number of nitro groups is 1. The number of carbonyl (C=O) groups is 1. The van der Waals surface area contributed by atoms with Gasteiger partial charge in [0.15, 0.2) is 0 Å². The minimum absolute atomic E-state index is 0.0914. The third-order valence-corrected chi connectivity index (χ3v) is 2.32. The van der Waals surface area contributed by atoms with Crippen LogP contribution < -0.4 is 10.2 Å². The molecule has 0 bridgehead atoms. The smallest absolute Gasteiger partial charge is 0.293 e. The molecule has 0 aliphatic rings. The van der Waals surface area contributed by atoms with Crippen LogP contribution in [0, 0.1) is 10.1 Å². The van der Waals surface area contributed by atoms with Gasteiger partial charge in [-0.3, -0.25) is 14.9 Å². The van der Waals surface area contributed by atoms with Crippen molar-refractivity contribution in [3.63, 3.8) is 0 Å². The monoisotopic (exact) mass is 249 g/mol. The van der Waals surface area contributed by atoms with E-state index in [2.05, 4.69) is 11.9 Å². The summed E-state index contributed by atoms with van der Waals surface area (Å²) in [4.78, 5) is 23.7. The second-order valence-corrected chi connectivity index (χ2v) is 3.85. The molecule has 0 radical (unpaired) electrons. The van der Waals surface area contributed by atoms with Crippen molar-refractivity contribution in [2.24, 2.45) is 0 Å². The molecule has 0 atom stereocenters. The Hall–Kier alpha value is -2.37. The lowest BCUT2D eigenvalue weighted by Gasteiger charge is -2.13. The van der Waals surface area contributed by atoms with Crippen LogP contribution in [0.15, 0.2) is 30.9 Å². The summed E-state index contributed by atoms with van der Waals surface area (Å²) in [5.74, 6) is -0.358. The number of nitrogens with zero attached hydrogens (tertiary/aromatic N) is 2. The maximum absolute atomic E-state index is 11.7. The Bertz CT molecular complexity index is 483. The van der Waals surface area contributed by atoms with Crippen LogP contribution in [0.3, 0.4) is 0 Å². The van der Waals surface area contributed by atoms with Gasteiger partial charge in [-0.2, -0.15) is 0 Å². The first kappa shape index (κ1) is 13.7. The molecule has 0 aliphatic carbocycles. The average Bonchev–Trinajstić information content (AvgIpc) is 2.34. The number of hydrogen-bond acceptors (Lipinski definition) is 4. The zero-order valence-corrected chi connectivity index (χ0v) is 10.3. The Labute approximate surface area is 105 Å². The molecular formula is C12H15N3O3. The Morgan fingerprint density at radius 2 is 2.22 bits per heavy atom. The molecule has 0 fully saturated rings. The van der Waals surface area contributed by atoms with E-state index in [4.69, 9.17) is 0 Å². The maximum Gasteiger partial charge on any atom is 0.293 e. The molecule has 0 unspecified atom stereocenters. The number of anilines is 1. The molecule has 1 aromatic rings. The Morgan fingerprint density at radius 3 is 2.72 bits per heavy atom. The van der Waals surface area contributed by atoms with E-state index in [9.17, 15) is 14.9 Å². The zero-order chi connectivity index (χ0) is 13.7. The summed E-state index contributed by atoms with van der Waals surface area (Å²) in [7, 11) is 3.42. The summed E-state index contributed by atoms with van der Waals surface area (Å²) < 4.78 is 0. The van der Waals surface area contributed by atoms with Gasteiger partial charge in [0.2, 0.25) is 0 Å². The van der Waals surface area contributed by atoms with Gasteiger partial charge in [0, 0.05) is 32.3 Å². The van der Waals surface area contributed by atoms with Crippen molar-refractivity contribution >= 4 is 17.3 Å². The molecule has 1 N–H and O–H groups in total. The summed E-state index contributed by atoms with van der Waals surface area (Å²) in [5.41, 5.74) is 0.626. The fraction of sp³-hybridized carbons (Fsp3) is 0.250. The SMILES string of the molecule is C=CCNC(=O)c1ccc(N(C)C)c([N+](=O)[O-])c1. The predicted molar refractivity (Wildman–Crippen MR) is 70.0 cm³/mol. The standard InChI is InChI=1S/C12H15N3O3/c1-4-7-13-12(16)9-5-6-10(14(2)3)11(8-9)15(17)18/h4-6,8H,1,7H2,2-3H3,(H,13,16). The Morgan fingerprint density at radius 1 is 1.56 bits per heavy atom. The second kappa shape index (κ2) is 5.81. The van der Waals surface area contributed by atoms with Crippen molar-refractivity contribution in [3.8, 4) is 0 Å². The van der Waals surface area contributed by atoms with Crippen molar-refractivity contribution in [1.82, 2.24) is 5.32 Å². The van der Waals surface area contributed by atoms with Crippen LogP contribution in [0.4, 0.5) is 11.4 Å². The highest BCUT2D eigenvalue weighted by molar-refractivity contribution is 5.95. The van der Waals surface area contributed by atoms with Crippen molar-refractivity contribution in [3.05, 3.63) is 46.5 Å². The summed E-state index contributed by atoms with van der Waals surface area (Å²) in [5, 5.41) is 13.5. The molecule has 18 heavy (non-hydrogen) atoms. The summed E-state index contributed by atoms with van der Waals surface area (Å²) >= 11 is 0. The minimum Gasteiger partial charge on any atom is -0.372 e. The largest absolute Gasteiger partial charge is 0.372 e. The van der Waals surface area contributed by atoms with Gasteiger partial charge in [-0.15, -0.1) is 6.58 Å². The van der Waals surface area contributed by atoms with Crippen molar-refractivity contribution < 1.29 is 9.72 Å². The fourth-order valence-electron chi connectivity index (χ4n) is 1.46. The van der Waals surface area contributed by atoms with E-state index < -0.39 is 4.92 Å². The molecule has 1 rings (SSSR count). The van der Waals surface area contributed by atoms with E-state index in [1.165, 1.54) is 6.07 Å². The Kier molecular flexibility index (Phi) is 4.42. The van der Waals surface area contributed by atoms with Gasteiger partial charge in [-0.1, -0.05) is 6.08 Å². The molecule has 0 saturated heterocycles. The van der Waals surface area contributed by atoms with Gasteiger partial charge in [0.1, 0.15) is 5.69 Å². The number of benzene rings is 1. The van der Waals surface area contributed by atoms with Crippen LogP contribution >= 0.6 is 0 Å². The van der Waals surface area contributed by atoms with Crippen LogP contribution in [0.25, 0.3) is 0 Å². The average molecular weight is 249 g/mol. The molecule has 0 aromatic heterocycles. The van der Waals surface area contributed by atoms with Gasteiger partial charge < -0.3 is 10.2 Å². The molecule has 6 nitrogen and oxygen atoms in total. The molecule has 1 amide bonds. The van der Waals surface area contributed by atoms with E-state index in [1.807, 2.05) is 0 Å². The number of carbonyl (C=O) groups excluding carboxylic acids is 1. The van der Waals surface area contributed by atoms with E-state index in [-0.39, 0.29) is 17.2 Å². The fourth-order valence-corrected chi connectivity index (χ4v) is 1.46. The minimum atomic E-state index is -0.500. The van der Waals surface area contributed by atoms with Gasteiger partial charge in [-0.05, 0) is 12.1 Å². The van der Waals surface area contributed by atoms with E-state index in [1.54, 1.807) is 37.2 Å². The predicted octanol–water partition coefficient (Wildman–Crippen LogP) is 1.58. The lowest BCUT2D eigenvalue weighted by Crippen LogP contribution is -2.23. The molecule has 0 heterocycles. The van der Waals surface area contributed by atoms with E-state index in [0.29, 0.717) is 12.2 Å². The molecule has 0 saturated carbocycles. The number of nitro benzene ring substituents is 1. The van der Waals surface area contributed by atoms with Gasteiger partial charge in [0.25, 0.3) is 11.6 Å². The molecule has 0 aliphatic heterocycles. The second-order valence-electron chi connectivity index (χ2n) is 3.85. The van der Waals surface area contributed by atoms with Gasteiger partial charge in [0.05, 0.1) is 4.92 Å². The summed E-state index contributed by atoms with van der Waals surface area (Å²) in [6.07, 6.45) is 1.54. The van der Waals surface area contributed by atoms with Crippen molar-refractivity contribution in [2.45, 2.75) is 0 Å². The molecule has 0 spiro atoms. The molecular weight excluding hydrogens is 234 g/mol. The van der Waals surface area contributed by atoms with Crippen LogP contribution in [-0.4, -0.2) is 31.5 Å². The van der Waals surface area contributed by atoms with Crippen molar-refractivity contribution in [1.29, 1.82) is 0 Å². The van der Waals surface area contributed by atoms with E-state index in [0.717, 1.165) is 0 Å². The normalized spacial score (nSPS) is 9.67. The lowest BCUT2D eigenvalue weighted by atomic mass is 10.1. The first-order chi connectivity index (χ1) is 8.47. The van der Waals surface area contributed by atoms with E-state index >= 15 is 0 Å². The van der Waals surface area contributed by atoms with Crippen LogP contribution in [0.2, 0.25) is 0 Å². The third kappa shape index (κ3) is 3.07. The van der Waals surface area contributed by atoms with Crippen LogP contribution in [-0.2, 0) is 0 Å². The number of nitrogens with one attached hydrogen (secondary N) is 1. The maximum atomic E-state index is 11.7. The third-order valence-electron chi connectivity index (χ3n) is 2.32. The topological polar surface area (TPSA) is 75.5 Å². The quantitative estimate of drug-likeness (QED) is 0.488. The van der Waals surface area contributed by atoms with Gasteiger partial charge >= 0.3 is 0 Å². The highest BCUT2D eigenvalue weighted by Crippen LogP contribution is 2.27. The number of amides is 1. The number of hydrogen-bond donors (Lipinski definition) is 1. The molecule has 6 heteroatoms. The van der Waals surface area contributed by atoms with Crippen molar-refractivity contribution in [2.75, 3.05) is 25.5 Å². The summed E-state index contributed by atoms with van der Waals surface area (Å²) in [6, 6.07) is 4.38. The Balaban J connectivity index is 3.11. The van der Waals surface area contributed by atoms with Crippen LogP contribution in [0.1, 0.15) is 10.4 Å². The lowest BCUT2D eigenvalue weighted by molar-refractivity contribution is -0.384. The zero-order valence-electron chi connectivity index (χ0n) is 10.3. The first-order valence-corrected chi connectivity index (χ1v) is 5.32. The first-order valence-electron chi connectivity index (χ1n) is 5.32. The molecule has 1 aromatic carbocycles. The van der Waals surface area contributed by atoms with Gasteiger partial charge in [-0.25, -0.2) is 0 Å². The highest BCUT2D eigenvalue weighted by Gasteiger charge is 2.18. The van der Waals surface area contributed by atoms with Crippen LogP contribution in [0.5, 0.6) is 0 Å². The summed E-state index contributed by atoms with van der Waals surface area (Å²) in [6.45, 7) is 3.80.